The molecule has 14 heteroatoms. The number of alkyl halides is 2. The first-order valence-corrected chi connectivity index (χ1v) is 11.5. The third-order valence-corrected chi connectivity index (χ3v) is 6.04. The van der Waals surface area contributed by atoms with Crippen LogP contribution in [0.1, 0.15) is 17.2 Å². The van der Waals surface area contributed by atoms with E-state index >= 15 is 0 Å². The van der Waals surface area contributed by atoms with Crippen LogP contribution in [-0.4, -0.2) is 21.5 Å². The Morgan fingerprint density at radius 2 is 1.77 bits per heavy atom. The molecule has 3 heterocycles. The van der Waals surface area contributed by atoms with E-state index in [0.717, 1.165) is 18.5 Å². The maximum atomic E-state index is 13.8. The number of rotatable bonds is 7. The number of nitrogens with zero attached hydrogens (tertiary/aromatic N) is 4. The molecule has 2 aromatic carbocycles. The lowest BCUT2D eigenvalue weighted by molar-refractivity contribution is -0.0246. The van der Waals surface area contributed by atoms with E-state index < -0.39 is 30.2 Å². The van der Waals surface area contributed by atoms with Crippen molar-refractivity contribution < 1.29 is 22.0 Å². The summed E-state index contributed by atoms with van der Waals surface area (Å²) in [5.41, 5.74) is 6.83. The van der Waals surface area contributed by atoms with Crippen LogP contribution >= 0.6 is 11.6 Å². The molecule has 198 valence electrons. The third-order valence-electron chi connectivity index (χ3n) is 5.75. The lowest BCUT2D eigenvalue weighted by atomic mass is 10.0. The van der Waals surface area contributed by atoms with Gasteiger partial charge in [0.1, 0.15) is 11.9 Å². The van der Waals surface area contributed by atoms with Crippen molar-refractivity contribution in [2.45, 2.75) is 12.6 Å². The van der Waals surface area contributed by atoms with Crippen LogP contribution in [0.15, 0.2) is 66.8 Å². The van der Waals surface area contributed by atoms with Gasteiger partial charge < -0.3 is 16.1 Å². The van der Waals surface area contributed by atoms with Crippen LogP contribution in [0.4, 0.5) is 39.0 Å². The third kappa shape index (κ3) is 5.33. The number of aromatic nitrogens is 2. The summed E-state index contributed by atoms with van der Waals surface area (Å²) in [7, 11) is 0. The number of hydrazine groups is 2. The van der Waals surface area contributed by atoms with Crippen molar-refractivity contribution in [1.82, 2.24) is 25.9 Å². The molecule has 1 aliphatic rings. The molecule has 1 aliphatic heterocycles. The molecular formula is C25H16ClF5N8. The van der Waals surface area contributed by atoms with Crippen LogP contribution in [0.5, 0.6) is 0 Å². The summed E-state index contributed by atoms with van der Waals surface area (Å²) < 4.78 is 67.2. The van der Waals surface area contributed by atoms with Crippen molar-refractivity contribution in [2.24, 2.45) is 0 Å². The molecule has 4 N–H and O–H groups in total. The van der Waals surface area contributed by atoms with E-state index in [4.69, 9.17) is 11.6 Å². The van der Waals surface area contributed by atoms with Gasteiger partial charge in [-0.15, -0.1) is 5.53 Å². The Morgan fingerprint density at radius 3 is 2.44 bits per heavy atom. The largest absolute Gasteiger partial charge is 0.373 e. The summed E-state index contributed by atoms with van der Waals surface area (Å²) in [6.45, 7) is -2.84. The van der Waals surface area contributed by atoms with E-state index in [1.807, 2.05) is 6.07 Å². The minimum Gasteiger partial charge on any atom is -0.373 e. The zero-order chi connectivity index (χ0) is 27.7. The summed E-state index contributed by atoms with van der Waals surface area (Å²) in [5.74, 6) is -2.95. The average molecular weight is 559 g/mol. The zero-order valence-electron chi connectivity index (χ0n) is 19.5. The van der Waals surface area contributed by atoms with Gasteiger partial charge in [-0.2, -0.15) is 18.4 Å². The predicted octanol–water partition coefficient (Wildman–Crippen LogP) is 5.86. The van der Waals surface area contributed by atoms with Crippen LogP contribution < -0.4 is 21.6 Å². The Bertz CT molecular complexity index is 1620. The molecule has 0 radical (unpaired) electrons. The van der Waals surface area contributed by atoms with Gasteiger partial charge in [0.25, 0.3) is 0 Å². The fraction of sp³-hybridized carbons (Fsp3) is 0.0800. The maximum Gasteiger partial charge on any atom is 0.329 e. The Labute approximate surface area is 222 Å². The van der Waals surface area contributed by atoms with Crippen molar-refractivity contribution in [1.29, 1.82) is 5.26 Å². The highest BCUT2D eigenvalue weighted by Crippen LogP contribution is 2.37. The highest BCUT2D eigenvalue weighted by Gasteiger charge is 2.26. The predicted molar refractivity (Wildman–Crippen MR) is 134 cm³/mol. The fourth-order valence-corrected chi connectivity index (χ4v) is 4.22. The Hall–Kier alpha value is -4.67. The highest BCUT2D eigenvalue weighted by atomic mass is 35.5. The second-order valence-corrected chi connectivity index (χ2v) is 8.68. The van der Waals surface area contributed by atoms with Gasteiger partial charge in [-0.05, 0) is 29.8 Å². The second kappa shape index (κ2) is 10.6. The molecule has 0 fully saturated rings. The van der Waals surface area contributed by atoms with Crippen molar-refractivity contribution in [3.05, 3.63) is 100 Å². The molecule has 0 spiro atoms. The highest BCUT2D eigenvalue weighted by molar-refractivity contribution is 6.36. The zero-order valence-corrected chi connectivity index (χ0v) is 20.2. The molecular weight excluding hydrogens is 543 g/mol. The molecule has 8 nitrogen and oxygen atoms in total. The summed E-state index contributed by atoms with van der Waals surface area (Å²) in [4.78, 5) is 7.59. The quantitative estimate of drug-likeness (QED) is 0.127. The normalized spacial score (nSPS) is 13.7. The number of hydrogen-bond donors (Lipinski definition) is 4. The number of fused-ring (bicyclic) bond motifs is 1. The standard InChI is InChI=1S/C25H16ClF5N8/c26-18-6-15(35-22(12-1-3-14(27)4-2-12)20-11-39(25(30)31)38-37-20)5-17-21(13(8-32)9-33-23(17)18)36-16-7-19(28)24(29)34-10-16/h1-7,9-11,22,25,35,37-38H,(H,33,36)/t22-/m0/s1. The molecule has 0 bridgehead atoms. The van der Waals surface area contributed by atoms with Gasteiger partial charge >= 0.3 is 6.55 Å². The number of pyridine rings is 2. The van der Waals surface area contributed by atoms with Gasteiger partial charge in [0.15, 0.2) is 5.82 Å². The van der Waals surface area contributed by atoms with Gasteiger partial charge in [0, 0.05) is 29.5 Å². The van der Waals surface area contributed by atoms with Crippen LogP contribution in [0.25, 0.3) is 10.9 Å². The lowest BCUT2D eigenvalue weighted by Crippen LogP contribution is -2.40. The van der Waals surface area contributed by atoms with Crippen LogP contribution in [0.3, 0.4) is 0 Å². The van der Waals surface area contributed by atoms with E-state index in [2.05, 4.69) is 31.6 Å². The van der Waals surface area contributed by atoms with Gasteiger partial charge in [-0.3, -0.25) is 4.98 Å². The molecule has 0 unspecified atom stereocenters. The molecule has 39 heavy (non-hydrogen) atoms. The summed E-state index contributed by atoms with van der Waals surface area (Å²) in [5, 5.41) is 16.8. The number of anilines is 3. The Morgan fingerprint density at radius 1 is 1.00 bits per heavy atom. The van der Waals surface area contributed by atoms with E-state index in [1.54, 1.807) is 6.07 Å². The van der Waals surface area contributed by atoms with Crippen molar-refractivity contribution in [3.8, 4) is 6.07 Å². The second-order valence-electron chi connectivity index (χ2n) is 8.27. The van der Waals surface area contributed by atoms with E-state index in [9.17, 15) is 27.2 Å². The van der Waals surface area contributed by atoms with Gasteiger partial charge in [0.2, 0.25) is 5.95 Å². The minimum atomic E-state index is -2.84. The fourth-order valence-electron chi connectivity index (χ4n) is 3.95. The average Bonchev–Trinajstić information content (AvgIpc) is 3.41. The number of halogens is 6. The SMILES string of the molecule is N#Cc1cnc2c(Cl)cc(N[C@H](C3=CN(C(F)F)NN3)c3ccc(F)cc3)cc2c1Nc1cnc(F)c(F)c1. The number of benzene rings is 2. The Kier molecular flexibility index (Phi) is 7.05. The molecule has 5 rings (SSSR count). The van der Waals surface area contributed by atoms with Gasteiger partial charge in [-0.25, -0.2) is 18.8 Å². The van der Waals surface area contributed by atoms with Gasteiger partial charge in [0.05, 0.1) is 45.4 Å². The number of hydrogen-bond acceptors (Lipinski definition) is 8. The lowest BCUT2D eigenvalue weighted by Gasteiger charge is -2.22. The monoisotopic (exact) mass is 558 g/mol. The van der Waals surface area contributed by atoms with Gasteiger partial charge in [-0.1, -0.05) is 23.7 Å². The van der Waals surface area contributed by atoms with Crippen LogP contribution in [0, 0.1) is 28.9 Å². The molecule has 4 aromatic rings. The molecule has 0 saturated carbocycles. The van der Waals surface area contributed by atoms with Crippen LogP contribution in [0.2, 0.25) is 5.02 Å². The van der Waals surface area contributed by atoms with E-state index in [1.165, 1.54) is 36.5 Å². The minimum absolute atomic E-state index is 0.0649. The first-order chi connectivity index (χ1) is 18.7. The van der Waals surface area contributed by atoms with Crippen molar-refractivity contribution in [2.75, 3.05) is 10.6 Å². The maximum absolute atomic E-state index is 13.8. The molecule has 2 aromatic heterocycles. The Balaban J connectivity index is 1.59. The number of nitriles is 1. The molecule has 1 atom stereocenters. The first kappa shape index (κ1) is 26.0. The van der Waals surface area contributed by atoms with Crippen LogP contribution in [-0.2, 0) is 0 Å². The van der Waals surface area contributed by atoms with Crippen molar-refractivity contribution >= 4 is 39.6 Å². The summed E-state index contributed by atoms with van der Waals surface area (Å²) >= 11 is 6.52. The smallest absolute Gasteiger partial charge is 0.329 e. The molecule has 0 aliphatic carbocycles. The number of nitrogens with one attached hydrogen (secondary N) is 4. The van der Waals surface area contributed by atoms with E-state index in [0.29, 0.717) is 27.2 Å². The van der Waals surface area contributed by atoms with E-state index in [-0.39, 0.29) is 27.7 Å². The molecule has 0 amide bonds. The topological polar surface area (TPSA) is 101 Å². The molecule has 0 saturated heterocycles. The first-order valence-electron chi connectivity index (χ1n) is 11.2. The summed E-state index contributed by atoms with van der Waals surface area (Å²) in [6.07, 6.45) is 3.49. The summed E-state index contributed by atoms with van der Waals surface area (Å²) in [6, 6.07) is 10.6. The van der Waals surface area contributed by atoms with Crippen molar-refractivity contribution in [3.63, 3.8) is 0 Å².